The molecular weight excluding hydrogens is 251 g/mol. The third-order valence-corrected chi connectivity index (χ3v) is 3.35. The summed E-state index contributed by atoms with van der Waals surface area (Å²) in [5, 5.41) is 10.3. The molecule has 19 heavy (non-hydrogen) atoms. The van der Waals surface area contributed by atoms with Crippen molar-refractivity contribution in [2.45, 2.75) is 18.4 Å². The normalized spacial score (nSPS) is 22.6. The van der Waals surface area contributed by atoms with Gasteiger partial charge in [0.05, 0.1) is 24.8 Å². The third kappa shape index (κ3) is 2.96. The van der Waals surface area contributed by atoms with Crippen molar-refractivity contribution in [3.8, 4) is 0 Å². The van der Waals surface area contributed by atoms with Crippen LogP contribution in [0.4, 0.5) is 15.8 Å². The second-order valence-electron chi connectivity index (χ2n) is 4.86. The highest BCUT2D eigenvalue weighted by Crippen LogP contribution is 2.31. The highest BCUT2D eigenvalue weighted by molar-refractivity contribution is 5.71. The van der Waals surface area contributed by atoms with Gasteiger partial charge in [-0.2, -0.15) is 0 Å². The van der Waals surface area contributed by atoms with Crippen molar-refractivity contribution >= 4 is 17.3 Å². The van der Waals surface area contributed by atoms with Crippen LogP contribution in [0, 0.1) is 5.82 Å². The van der Waals surface area contributed by atoms with E-state index in [1.165, 1.54) is 13.2 Å². The first-order valence-corrected chi connectivity index (χ1v) is 6.03. The Balaban J connectivity index is 2.11. The number of anilines is 2. The van der Waals surface area contributed by atoms with E-state index in [0.29, 0.717) is 24.3 Å². The summed E-state index contributed by atoms with van der Waals surface area (Å²) in [7, 11) is 1.28. The highest BCUT2D eigenvalue weighted by Gasteiger charge is 2.39. The smallest absolute Gasteiger partial charge is 0.308 e. The Hall–Kier alpha value is -1.82. The van der Waals surface area contributed by atoms with Gasteiger partial charge in [-0.3, -0.25) is 4.79 Å². The second kappa shape index (κ2) is 5.05. The van der Waals surface area contributed by atoms with Crippen molar-refractivity contribution in [1.29, 1.82) is 0 Å². The summed E-state index contributed by atoms with van der Waals surface area (Å²) in [6.07, 6.45) is 0.308. The molecule has 0 spiro atoms. The van der Waals surface area contributed by atoms with Gasteiger partial charge in [-0.05, 0) is 24.6 Å². The summed E-state index contributed by atoms with van der Waals surface area (Å²) < 4.78 is 18.3. The topological polar surface area (TPSA) is 75.8 Å². The van der Waals surface area contributed by atoms with E-state index in [1.54, 1.807) is 17.0 Å². The zero-order chi connectivity index (χ0) is 14.0. The Morgan fingerprint density at radius 3 is 3.00 bits per heavy atom. The molecule has 0 aliphatic carbocycles. The van der Waals surface area contributed by atoms with Crippen LogP contribution in [0.1, 0.15) is 12.8 Å². The number of benzene rings is 1. The Kier molecular flexibility index (Phi) is 3.61. The quantitative estimate of drug-likeness (QED) is 0.629. The van der Waals surface area contributed by atoms with Crippen LogP contribution in [-0.4, -0.2) is 36.9 Å². The Morgan fingerprint density at radius 1 is 1.63 bits per heavy atom. The number of nitrogen functional groups attached to an aromatic ring is 1. The molecule has 0 radical (unpaired) electrons. The van der Waals surface area contributed by atoms with E-state index < -0.39 is 17.4 Å². The lowest BCUT2D eigenvalue weighted by molar-refractivity contribution is -0.145. The molecule has 1 aromatic rings. The summed E-state index contributed by atoms with van der Waals surface area (Å²) in [6, 6.07) is 4.43. The lowest BCUT2D eigenvalue weighted by Gasteiger charge is -2.23. The molecular formula is C13H17FN2O3. The van der Waals surface area contributed by atoms with Crippen LogP contribution in [0.2, 0.25) is 0 Å². The highest BCUT2D eigenvalue weighted by atomic mass is 19.1. The lowest BCUT2D eigenvalue weighted by Crippen LogP contribution is -2.36. The molecule has 1 aliphatic rings. The van der Waals surface area contributed by atoms with Gasteiger partial charge in [0.15, 0.2) is 0 Å². The zero-order valence-electron chi connectivity index (χ0n) is 10.7. The molecule has 0 amide bonds. The number of nitrogens with zero attached hydrogens (tertiary/aromatic N) is 1. The van der Waals surface area contributed by atoms with Crippen molar-refractivity contribution in [3.63, 3.8) is 0 Å². The van der Waals surface area contributed by atoms with Crippen molar-refractivity contribution in [3.05, 3.63) is 24.0 Å². The SMILES string of the molecule is COC(=O)CC1(O)CCN(c2ccc(N)cc2F)C1. The number of halogens is 1. The molecule has 1 aromatic carbocycles. The first-order chi connectivity index (χ1) is 8.93. The van der Waals surface area contributed by atoms with Crippen LogP contribution in [0.25, 0.3) is 0 Å². The van der Waals surface area contributed by atoms with Gasteiger partial charge < -0.3 is 20.5 Å². The van der Waals surface area contributed by atoms with Crippen LogP contribution in [0.3, 0.4) is 0 Å². The monoisotopic (exact) mass is 268 g/mol. The number of methoxy groups -OCH3 is 1. The molecule has 0 bridgehead atoms. The van der Waals surface area contributed by atoms with E-state index in [0.717, 1.165) is 0 Å². The molecule has 1 fully saturated rings. The predicted octanol–water partition coefficient (Wildman–Crippen LogP) is 0.912. The maximum atomic E-state index is 13.8. The summed E-state index contributed by atoms with van der Waals surface area (Å²) in [5.74, 6) is -0.899. The first kappa shape index (κ1) is 13.6. The number of nitrogens with two attached hydrogens (primary N) is 1. The van der Waals surface area contributed by atoms with Gasteiger partial charge in [0.1, 0.15) is 5.82 Å². The molecule has 0 aromatic heterocycles. The molecule has 6 heteroatoms. The average molecular weight is 268 g/mol. The molecule has 3 N–H and O–H groups in total. The van der Waals surface area contributed by atoms with Crippen molar-refractivity contribution in [2.24, 2.45) is 0 Å². The van der Waals surface area contributed by atoms with Crippen LogP contribution in [0.15, 0.2) is 18.2 Å². The number of carbonyl (C=O) groups is 1. The van der Waals surface area contributed by atoms with Gasteiger partial charge in [-0.1, -0.05) is 0 Å². The molecule has 104 valence electrons. The maximum absolute atomic E-state index is 13.8. The van der Waals surface area contributed by atoms with Crippen LogP contribution < -0.4 is 10.6 Å². The van der Waals surface area contributed by atoms with Gasteiger partial charge in [0.2, 0.25) is 0 Å². The molecule has 1 atom stereocenters. The minimum absolute atomic E-state index is 0.0867. The van der Waals surface area contributed by atoms with Gasteiger partial charge in [0, 0.05) is 18.8 Å². The number of β-amino-alcohol motifs (C(OH)–C–C–N with tert-alkyl or cyclic N) is 1. The minimum atomic E-state index is -1.17. The van der Waals surface area contributed by atoms with Crippen LogP contribution in [-0.2, 0) is 9.53 Å². The zero-order valence-corrected chi connectivity index (χ0v) is 10.7. The Bertz CT molecular complexity index is 495. The third-order valence-electron chi connectivity index (χ3n) is 3.35. The van der Waals surface area contributed by atoms with E-state index in [2.05, 4.69) is 4.74 Å². The van der Waals surface area contributed by atoms with Gasteiger partial charge in [-0.25, -0.2) is 4.39 Å². The second-order valence-corrected chi connectivity index (χ2v) is 4.86. The molecule has 1 heterocycles. The van der Waals surface area contributed by atoms with E-state index in [4.69, 9.17) is 5.73 Å². The number of esters is 1. The average Bonchev–Trinajstić information content (AvgIpc) is 2.71. The predicted molar refractivity (Wildman–Crippen MR) is 69.2 cm³/mol. The Morgan fingerprint density at radius 2 is 2.37 bits per heavy atom. The molecule has 1 unspecified atom stereocenters. The lowest BCUT2D eigenvalue weighted by atomic mass is 9.99. The summed E-state index contributed by atoms with van der Waals surface area (Å²) in [4.78, 5) is 12.9. The fraction of sp³-hybridized carbons (Fsp3) is 0.462. The maximum Gasteiger partial charge on any atom is 0.308 e. The largest absolute Gasteiger partial charge is 0.469 e. The summed E-state index contributed by atoms with van der Waals surface area (Å²) >= 11 is 0. The first-order valence-electron chi connectivity index (χ1n) is 6.03. The number of carbonyl (C=O) groups excluding carboxylic acids is 1. The minimum Gasteiger partial charge on any atom is -0.469 e. The van der Waals surface area contributed by atoms with E-state index in [9.17, 15) is 14.3 Å². The summed E-state index contributed by atoms with van der Waals surface area (Å²) in [5.41, 5.74) is 5.06. The number of ether oxygens (including phenoxy) is 1. The van der Waals surface area contributed by atoms with Gasteiger partial charge in [-0.15, -0.1) is 0 Å². The standard InChI is InChI=1S/C13H17FN2O3/c1-19-12(17)7-13(18)4-5-16(8-13)11-3-2-9(15)6-10(11)14/h2-3,6,18H,4-5,7-8,15H2,1H3. The molecule has 1 saturated heterocycles. The number of rotatable bonds is 3. The van der Waals surface area contributed by atoms with Crippen molar-refractivity contribution < 1.29 is 19.0 Å². The fourth-order valence-electron chi connectivity index (χ4n) is 2.33. The van der Waals surface area contributed by atoms with Gasteiger partial charge in [0.25, 0.3) is 0 Å². The fourth-order valence-corrected chi connectivity index (χ4v) is 2.33. The van der Waals surface area contributed by atoms with Crippen LogP contribution >= 0.6 is 0 Å². The number of hydrogen-bond acceptors (Lipinski definition) is 5. The molecule has 0 saturated carbocycles. The van der Waals surface area contributed by atoms with Crippen molar-refractivity contribution in [2.75, 3.05) is 30.8 Å². The van der Waals surface area contributed by atoms with E-state index >= 15 is 0 Å². The van der Waals surface area contributed by atoms with Crippen molar-refractivity contribution in [1.82, 2.24) is 0 Å². The van der Waals surface area contributed by atoms with Crippen LogP contribution in [0.5, 0.6) is 0 Å². The number of hydrogen-bond donors (Lipinski definition) is 2. The van der Waals surface area contributed by atoms with Gasteiger partial charge >= 0.3 is 5.97 Å². The summed E-state index contributed by atoms with van der Waals surface area (Å²) in [6.45, 7) is 0.678. The van der Waals surface area contributed by atoms with E-state index in [1.807, 2.05) is 0 Å². The molecule has 2 rings (SSSR count). The Labute approximate surface area is 110 Å². The van der Waals surface area contributed by atoms with E-state index in [-0.39, 0.29) is 13.0 Å². The molecule has 1 aliphatic heterocycles. The molecule has 5 nitrogen and oxygen atoms in total. The number of aliphatic hydroxyl groups is 1.